The van der Waals surface area contributed by atoms with Crippen LogP contribution in [0.4, 0.5) is 4.39 Å². The van der Waals surface area contributed by atoms with Crippen LogP contribution in [0, 0.1) is 29.1 Å². The summed E-state index contributed by atoms with van der Waals surface area (Å²) in [7, 11) is 1.73. The van der Waals surface area contributed by atoms with Gasteiger partial charge in [-0.2, -0.15) is 5.26 Å². The second kappa shape index (κ2) is 9.66. The normalized spacial score (nSPS) is 36.6. The maximum atomic E-state index is 13.7. The number of carbonyl (C=O) groups is 2. The van der Waals surface area contributed by atoms with Gasteiger partial charge in [-0.05, 0) is 44.4 Å². The summed E-state index contributed by atoms with van der Waals surface area (Å²) in [5.41, 5.74) is 0. The summed E-state index contributed by atoms with van der Waals surface area (Å²) in [6, 6.07) is 2.19. The minimum atomic E-state index is -0.898. The molecule has 0 spiro atoms. The van der Waals surface area contributed by atoms with E-state index in [1.54, 1.807) is 11.9 Å². The molecule has 1 saturated carbocycles. The van der Waals surface area contributed by atoms with Crippen LogP contribution < -0.4 is 10.6 Å². The van der Waals surface area contributed by atoms with Crippen molar-refractivity contribution in [2.24, 2.45) is 17.8 Å². The number of hydrogen-bond donors (Lipinski definition) is 2. The van der Waals surface area contributed by atoms with E-state index in [4.69, 9.17) is 10.00 Å². The van der Waals surface area contributed by atoms with Gasteiger partial charge in [-0.1, -0.05) is 0 Å². The fourth-order valence-electron chi connectivity index (χ4n) is 4.49. The van der Waals surface area contributed by atoms with Crippen molar-refractivity contribution in [2.75, 3.05) is 26.7 Å². The fourth-order valence-corrected chi connectivity index (χ4v) is 4.49. The lowest BCUT2D eigenvalue weighted by Crippen LogP contribution is -2.54. The number of carbonyl (C=O) groups excluding carboxylic acids is 2. The molecule has 8 heteroatoms. The number of ether oxygens (including phenoxy) is 1. The van der Waals surface area contributed by atoms with Crippen molar-refractivity contribution in [3.05, 3.63) is 0 Å². The van der Waals surface area contributed by atoms with Crippen molar-refractivity contribution in [3.63, 3.8) is 0 Å². The molecule has 28 heavy (non-hydrogen) atoms. The zero-order valence-electron chi connectivity index (χ0n) is 16.5. The van der Waals surface area contributed by atoms with Gasteiger partial charge in [0.05, 0.1) is 24.3 Å². The molecule has 0 radical (unpaired) electrons. The average Bonchev–Trinajstić information content (AvgIpc) is 2.69. The Kier molecular flexibility index (Phi) is 7.24. The van der Waals surface area contributed by atoms with E-state index in [9.17, 15) is 14.0 Å². The first-order valence-electron chi connectivity index (χ1n) is 10.4. The summed E-state index contributed by atoms with van der Waals surface area (Å²) < 4.78 is 19.7. The number of nitrogens with one attached hydrogen (secondary N) is 2. The van der Waals surface area contributed by atoms with E-state index in [-0.39, 0.29) is 41.8 Å². The quantitative estimate of drug-likeness (QED) is 0.734. The molecule has 3 rings (SSSR count). The summed E-state index contributed by atoms with van der Waals surface area (Å²) >= 11 is 0. The molecule has 2 N–H and O–H groups in total. The molecule has 156 valence electrons. The Morgan fingerprint density at radius 2 is 2.18 bits per heavy atom. The number of alkyl halides is 1. The minimum absolute atomic E-state index is 0.00467. The van der Waals surface area contributed by atoms with Crippen LogP contribution >= 0.6 is 0 Å². The van der Waals surface area contributed by atoms with Gasteiger partial charge in [-0.25, -0.2) is 4.39 Å². The topological polar surface area (TPSA) is 94.5 Å². The lowest BCUT2D eigenvalue weighted by molar-refractivity contribution is -0.137. The molecule has 0 aromatic heterocycles. The third-order valence-corrected chi connectivity index (χ3v) is 6.18. The third-order valence-electron chi connectivity index (χ3n) is 6.18. The lowest BCUT2D eigenvalue weighted by atomic mass is 9.81. The highest BCUT2D eigenvalue weighted by Crippen LogP contribution is 2.31. The highest BCUT2D eigenvalue weighted by atomic mass is 19.1. The molecule has 2 aliphatic heterocycles. The number of hydrogen-bond acceptors (Lipinski definition) is 5. The molecule has 1 aliphatic carbocycles. The van der Waals surface area contributed by atoms with Gasteiger partial charge in [-0.3, -0.25) is 14.9 Å². The zero-order valence-corrected chi connectivity index (χ0v) is 16.5. The molecule has 2 saturated heterocycles. The lowest BCUT2D eigenvalue weighted by Gasteiger charge is -2.34. The van der Waals surface area contributed by atoms with E-state index < -0.39 is 6.17 Å². The van der Waals surface area contributed by atoms with Gasteiger partial charge in [0.25, 0.3) is 0 Å². The smallest absolute Gasteiger partial charge is 0.226 e. The Morgan fingerprint density at radius 1 is 1.36 bits per heavy atom. The Balaban J connectivity index is 1.35. The van der Waals surface area contributed by atoms with Crippen molar-refractivity contribution in [3.8, 4) is 6.07 Å². The first-order valence-corrected chi connectivity index (χ1v) is 10.4. The van der Waals surface area contributed by atoms with Crippen molar-refractivity contribution < 1.29 is 18.7 Å². The molecule has 6 unspecified atom stereocenters. The second-order valence-corrected chi connectivity index (χ2v) is 8.51. The SMILES string of the molecule is CN1CC(C(=O)NC2CCC(OCC3CC(F)CC(C#N)C3)CN2)CCC1=O. The zero-order chi connectivity index (χ0) is 20.1. The standard InChI is InChI=1S/C20H31FN4O3/c1-25-11-15(2-5-19(25)26)20(27)24-18-4-3-17(10-23-18)28-12-14-6-13(9-22)7-16(21)8-14/h13-18,23H,2-8,10-12H2,1H3,(H,24,27). The predicted octanol–water partition coefficient (Wildman–Crippen LogP) is 1.34. The molecule has 2 heterocycles. The van der Waals surface area contributed by atoms with Crippen LogP contribution in [0.25, 0.3) is 0 Å². The summed E-state index contributed by atoms with van der Waals surface area (Å²) in [4.78, 5) is 25.6. The molecule has 0 aromatic rings. The van der Waals surface area contributed by atoms with Crippen molar-refractivity contribution in [1.82, 2.24) is 15.5 Å². The molecular formula is C20H31FN4O3. The van der Waals surface area contributed by atoms with Gasteiger partial charge in [-0.15, -0.1) is 0 Å². The second-order valence-electron chi connectivity index (χ2n) is 8.51. The summed E-state index contributed by atoms with van der Waals surface area (Å²) in [6.07, 6.45) is 3.25. The third kappa shape index (κ3) is 5.65. The van der Waals surface area contributed by atoms with Crippen LogP contribution in [0.15, 0.2) is 0 Å². The van der Waals surface area contributed by atoms with Gasteiger partial charge < -0.3 is 15.0 Å². The molecular weight excluding hydrogens is 363 g/mol. The average molecular weight is 394 g/mol. The van der Waals surface area contributed by atoms with Crippen LogP contribution in [-0.2, 0) is 14.3 Å². The van der Waals surface area contributed by atoms with Gasteiger partial charge in [0.2, 0.25) is 11.8 Å². The first-order chi connectivity index (χ1) is 13.4. The highest BCUT2D eigenvalue weighted by molar-refractivity contribution is 5.83. The van der Waals surface area contributed by atoms with E-state index in [1.807, 2.05) is 0 Å². The number of rotatable bonds is 5. The Bertz CT molecular complexity index is 603. The predicted molar refractivity (Wildman–Crippen MR) is 101 cm³/mol. The van der Waals surface area contributed by atoms with Gasteiger partial charge in [0, 0.05) is 39.1 Å². The van der Waals surface area contributed by atoms with Crippen LogP contribution in [0.1, 0.15) is 44.9 Å². The largest absolute Gasteiger partial charge is 0.377 e. The monoisotopic (exact) mass is 394 g/mol. The number of likely N-dealkylation sites (tertiary alicyclic amines) is 1. The van der Waals surface area contributed by atoms with Crippen LogP contribution in [-0.4, -0.2) is 61.9 Å². The van der Waals surface area contributed by atoms with E-state index in [1.165, 1.54) is 0 Å². The number of nitrogens with zero attached hydrogens (tertiary/aromatic N) is 2. The van der Waals surface area contributed by atoms with E-state index in [0.29, 0.717) is 51.8 Å². The summed E-state index contributed by atoms with van der Waals surface area (Å²) in [6.45, 7) is 1.61. The van der Waals surface area contributed by atoms with E-state index in [0.717, 1.165) is 12.8 Å². The number of nitriles is 1. The number of halogens is 1. The van der Waals surface area contributed by atoms with Crippen molar-refractivity contribution >= 4 is 11.8 Å². The summed E-state index contributed by atoms with van der Waals surface area (Å²) in [5.74, 6) is -0.146. The summed E-state index contributed by atoms with van der Waals surface area (Å²) in [5, 5.41) is 15.4. The Morgan fingerprint density at radius 3 is 2.86 bits per heavy atom. The maximum absolute atomic E-state index is 13.7. The molecule has 3 fully saturated rings. The highest BCUT2D eigenvalue weighted by Gasteiger charge is 2.32. The molecule has 0 bridgehead atoms. The van der Waals surface area contributed by atoms with Gasteiger partial charge in [0.15, 0.2) is 0 Å². The molecule has 3 aliphatic rings. The maximum Gasteiger partial charge on any atom is 0.226 e. The fraction of sp³-hybridized carbons (Fsp3) is 0.850. The number of piperidine rings is 2. The Hall–Kier alpha value is -1.72. The minimum Gasteiger partial charge on any atom is -0.377 e. The molecule has 6 atom stereocenters. The van der Waals surface area contributed by atoms with Crippen molar-refractivity contribution in [2.45, 2.75) is 63.4 Å². The van der Waals surface area contributed by atoms with E-state index >= 15 is 0 Å². The van der Waals surface area contributed by atoms with Gasteiger partial charge >= 0.3 is 0 Å². The van der Waals surface area contributed by atoms with E-state index in [2.05, 4.69) is 16.7 Å². The molecule has 2 amide bonds. The van der Waals surface area contributed by atoms with Crippen LogP contribution in [0.5, 0.6) is 0 Å². The number of amides is 2. The van der Waals surface area contributed by atoms with Crippen molar-refractivity contribution in [1.29, 1.82) is 5.26 Å². The Labute approximate surface area is 166 Å². The molecule has 0 aromatic carbocycles. The van der Waals surface area contributed by atoms with Gasteiger partial charge in [0.1, 0.15) is 6.17 Å². The first kappa shape index (κ1) is 21.0. The molecule has 7 nitrogen and oxygen atoms in total. The van der Waals surface area contributed by atoms with Crippen LogP contribution in [0.3, 0.4) is 0 Å². The van der Waals surface area contributed by atoms with Crippen LogP contribution in [0.2, 0.25) is 0 Å².